The van der Waals surface area contributed by atoms with Gasteiger partial charge in [-0.25, -0.2) is 0 Å². The molecule has 1 atom stereocenters. The second kappa shape index (κ2) is 4.65. The van der Waals surface area contributed by atoms with E-state index in [2.05, 4.69) is 18.7 Å². The monoisotopic (exact) mass is 235 g/mol. The molecule has 1 unspecified atom stereocenters. The van der Waals surface area contributed by atoms with Gasteiger partial charge < -0.3 is 4.42 Å². The van der Waals surface area contributed by atoms with Crippen LogP contribution in [-0.4, -0.2) is 24.3 Å². The molecule has 0 aliphatic heterocycles. The fourth-order valence-corrected chi connectivity index (χ4v) is 2.63. The first-order valence-corrected chi connectivity index (χ1v) is 6.24. The minimum atomic E-state index is -0.115. The molecular formula is C14H21NO2. The van der Waals surface area contributed by atoms with Crippen molar-refractivity contribution in [2.45, 2.75) is 33.2 Å². The van der Waals surface area contributed by atoms with Gasteiger partial charge in [0.15, 0.2) is 0 Å². The zero-order valence-electron chi connectivity index (χ0n) is 10.9. The summed E-state index contributed by atoms with van der Waals surface area (Å²) in [7, 11) is 2.04. The van der Waals surface area contributed by atoms with E-state index < -0.39 is 0 Å². The SMILES string of the molecule is CN(Cc1ccco1)CC1CCC(C)(C)C1=O. The number of Topliss-reactive ketones (excluding diaryl/α,β-unsaturated/α-hetero) is 1. The van der Waals surface area contributed by atoms with Gasteiger partial charge in [-0.05, 0) is 32.0 Å². The van der Waals surface area contributed by atoms with Gasteiger partial charge in [0.1, 0.15) is 11.5 Å². The third-order valence-electron chi connectivity index (χ3n) is 3.69. The maximum Gasteiger partial charge on any atom is 0.142 e. The normalized spacial score (nSPS) is 23.5. The van der Waals surface area contributed by atoms with Gasteiger partial charge in [0, 0.05) is 17.9 Å². The maximum absolute atomic E-state index is 12.1. The number of carbonyl (C=O) groups excluding carboxylic acids is 1. The second-order valence-corrected chi connectivity index (χ2v) is 5.76. The molecule has 1 heterocycles. The van der Waals surface area contributed by atoms with E-state index in [0.717, 1.165) is 31.7 Å². The Morgan fingerprint density at radius 2 is 2.29 bits per heavy atom. The predicted octanol–water partition coefficient (Wildman–Crippen LogP) is 2.72. The Morgan fingerprint density at radius 3 is 2.82 bits per heavy atom. The molecule has 0 amide bonds. The molecule has 3 heteroatoms. The molecule has 0 radical (unpaired) electrons. The Bertz CT molecular complexity index is 381. The number of hydrogen-bond donors (Lipinski definition) is 0. The van der Waals surface area contributed by atoms with Gasteiger partial charge in [-0.3, -0.25) is 9.69 Å². The summed E-state index contributed by atoms with van der Waals surface area (Å²) in [6.45, 7) is 5.73. The average molecular weight is 235 g/mol. The fourth-order valence-electron chi connectivity index (χ4n) is 2.63. The van der Waals surface area contributed by atoms with Crippen LogP contribution in [0, 0.1) is 11.3 Å². The Labute approximate surface area is 103 Å². The Hall–Kier alpha value is -1.09. The molecule has 0 bridgehead atoms. The van der Waals surface area contributed by atoms with Crippen LogP contribution in [0.3, 0.4) is 0 Å². The van der Waals surface area contributed by atoms with Gasteiger partial charge >= 0.3 is 0 Å². The molecule has 2 rings (SSSR count). The minimum absolute atomic E-state index is 0.115. The molecule has 0 spiro atoms. The van der Waals surface area contributed by atoms with Crippen LogP contribution in [0.4, 0.5) is 0 Å². The van der Waals surface area contributed by atoms with Crippen molar-refractivity contribution in [3.63, 3.8) is 0 Å². The Balaban J connectivity index is 1.87. The summed E-state index contributed by atoms with van der Waals surface area (Å²) in [5, 5.41) is 0. The van der Waals surface area contributed by atoms with E-state index >= 15 is 0 Å². The topological polar surface area (TPSA) is 33.5 Å². The van der Waals surface area contributed by atoms with Crippen LogP contribution in [0.25, 0.3) is 0 Å². The quantitative estimate of drug-likeness (QED) is 0.804. The van der Waals surface area contributed by atoms with Crippen molar-refractivity contribution in [1.82, 2.24) is 4.90 Å². The summed E-state index contributed by atoms with van der Waals surface area (Å²) in [5.41, 5.74) is -0.115. The Morgan fingerprint density at radius 1 is 1.53 bits per heavy atom. The van der Waals surface area contributed by atoms with E-state index in [-0.39, 0.29) is 11.3 Å². The summed E-state index contributed by atoms with van der Waals surface area (Å²) >= 11 is 0. The van der Waals surface area contributed by atoms with Gasteiger partial charge in [0.25, 0.3) is 0 Å². The number of nitrogens with zero attached hydrogens (tertiary/aromatic N) is 1. The number of furan rings is 1. The van der Waals surface area contributed by atoms with Crippen molar-refractivity contribution >= 4 is 5.78 Å². The van der Waals surface area contributed by atoms with Crippen LogP contribution in [0.15, 0.2) is 22.8 Å². The number of hydrogen-bond acceptors (Lipinski definition) is 3. The molecule has 1 aliphatic carbocycles. The lowest BCUT2D eigenvalue weighted by Gasteiger charge is -2.20. The number of ketones is 1. The van der Waals surface area contributed by atoms with Gasteiger partial charge in [-0.2, -0.15) is 0 Å². The maximum atomic E-state index is 12.1. The molecule has 0 N–H and O–H groups in total. The van der Waals surface area contributed by atoms with Crippen molar-refractivity contribution < 1.29 is 9.21 Å². The van der Waals surface area contributed by atoms with Crippen LogP contribution in [0.5, 0.6) is 0 Å². The lowest BCUT2D eigenvalue weighted by molar-refractivity contribution is -0.127. The molecule has 1 aromatic rings. The van der Waals surface area contributed by atoms with E-state index in [0.29, 0.717) is 5.78 Å². The van der Waals surface area contributed by atoms with Gasteiger partial charge in [-0.15, -0.1) is 0 Å². The lowest BCUT2D eigenvalue weighted by atomic mass is 9.89. The lowest BCUT2D eigenvalue weighted by Crippen LogP contribution is -2.31. The van der Waals surface area contributed by atoms with Gasteiger partial charge in [0.05, 0.1) is 12.8 Å². The number of carbonyl (C=O) groups is 1. The molecule has 1 saturated carbocycles. The third-order valence-corrected chi connectivity index (χ3v) is 3.69. The second-order valence-electron chi connectivity index (χ2n) is 5.76. The van der Waals surface area contributed by atoms with Gasteiger partial charge in [-0.1, -0.05) is 13.8 Å². The smallest absolute Gasteiger partial charge is 0.142 e. The highest BCUT2D eigenvalue weighted by Crippen LogP contribution is 2.37. The first kappa shape index (κ1) is 12.4. The molecule has 94 valence electrons. The third kappa shape index (κ3) is 2.78. The highest BCUT2D eigenvalue weighted by atomic mass is 16.3. The molecule has 1 aromatic heterocycles. The molecule has 1 fully saturated rings. The standard InChI is InChI=1S/C14H21NO2/c1-14(2)7-6-11(13(14)16)9-15(3)10-12-5-4-8-17-12/h4-5,8,11H,6-7,9-10H2,1-3H3. The van der Waals surface area contributed by atoms with Crippen LogP contribution >= 0.6 is 0 Å². The summed E-state index contributed by atoms with van der Waals surface area (Å²) < 4.78 is 5.31. The van der Waals surface area contributed by atoms with Crippen LogP contribution < -0.4 is 0 Å². The molecule has 1 aliphatic rings. The largest absolute Gasteiger partial charge is 0.468 e. The van der Waals surface area contributed by atoms with E-state index in [9.17, 15) is 4.79 Å². The van der Waals surface area contributed by atoms with E-state index in [1.165, 1.54) is 0 Å². The van der Waals surface area contributed by atoms with Crippen LogP contribution in [-0.2, 0) is 11.3 Å². The molecule has 0 saturated heterocycles. The van der Waals surface area contributed by atoms with Crippen molar-refractivity contribution in [3.05, 3.63) is 24.2 Å². The van der Waals surface area contributed by atoms with Crippen molar-refractivity contribution in [1.29, 1.82) is 0 Å². The van der Waals surface area contributed by atoms with Crippen molar-refractivity contribution in [2.75, 3.05) is 13.6 Å². The van der Waals surface area contributed by atoms with E-state index in [1.807, 2.05) is 19.2 Å². The summed E-state index contributed by atoms with van der Waals surface area (Å²) in [6.07, 6.45) is 3.73. The Kier molecular flexibility index (Phi) is 3.38. The summed E-state index contributed by atoms with van der Waals surface area (Å²) in [4.78, 5) is 14.3. The number of rotatable bonds is 4. The van der Waals surface area contributed by atoms with Crippen LogP contribution in [0.2, 0.25) is 0 Å². The molecular weight excluding hydrogens is 214 g/mol. The molecule has 0 aromatic carbocycles. The highest BCUT2D eigenvalue weighted by molar-refractivity contribution is 5.88. The highest BCUT2D eigenvalue weighted by Gasteiger charge is 2.40. The summed E-state index contributed by atoms with van der Waals surface area (Å²) in [5.74, 6) is 1.57. The predicted molar refractivity (Wildman–Crippen MR) is 66.6 cm³/mol. The van der Waals surface area contributed by atoms with Crippen molar-refractivity contribution in [3.8, 4) is 0 Å². The minimum Gasteiger partial charge on any atom is -0.468 e. The van der Waals surface area contributed by atoms with Gasteiger partial charge in [0.2, 0.25) is 0 Å². The van der Waals surface area contributed by atoms with Crippen molar-refractivity contribution in [2.24, 2.45) is 11.3 Å². The van der Waals surface area contributed by atoms with E-state index in [4.69, 9.17) is 4.42 Å². The van der Waals surface area contributed by atoms with E-state index in [1.54, 1.807) is 6.26 Å². The zero-order valence-corrected chi connectivity index (χ0v) is 10.9. The fraction of sp³-hybridized carbons (Fsp3) is 0.643. The first-order valence-electron chi connectivity index (χ1n) is 6.24. The zero-order chi connectivity index (χ0) is 12.5. The average Bonchev–Trinajstić information content (AvgIpc) is 2.82. The molecule has 17 heavy (non-hydrogen) atoms. The summed E-state index contributed by atoms with van der Waals surface area (Å²) in [6, 6.07) is 3.86. The van der Waals surface area contributed by atoms with Crippen LogP contribution in [0.1, 0.15) is 32.4 Å². The first-order chi connectivity index (χ1) is 7.99. The molecule has 3 nitrogen and oxygen atoms in total.